The van der Waals surface area contributed by atoms with Gasteiger partial charge in [0, 0.05) is 35.5 Å². The Morgan fingerprint density at radius 1 is 1.15 bits per heavy atom. The maximum atomic E-state index is 4.56. The van der Waals surface area contributed by atoms with Crippen molar-refractivity contribution in [1.82, 2.24) is 14.9 Å². The average molecular weight is 333 g/mol. The molecular formula is C15H17BrN4. The molecule has 4 nitrogen and oxygen atoms in total. The molecule has 2 fully saturated rings. The summed E-state index contributed by atoms with van der Waals surface area (Å²) in [4.78, 5) is 14.0. The Morgan fingerprint density at radius 2 is 2.10 bits per heavy atom. The number of hydrogen-bond acceptors (Lipinski definition) is 4. The first-order valence-electron chi connectivity index (χ1n) is 7.21. The number of nitrogens with zero attached hydrogens (tertiary/aromatic N) is 4. The van der Waals surface area contributed by atoms with Crippen molar-refractivity contribution < 1.29 is 0 Å². The Labute approximate surface area is 126 Å². The van der Waals surface area contributed by atoms with Gasteiger partial charge in [-0.2, -0.15) is 0 Å². The lowest BCUT2D eigenvalue weighted by Gasteiger charge is -2.38. The number of hydrogen-bond donors (Lipinski definition) is 0. The largest absolute Gasteiger partial charge is 0.353 e. The van der Waals surface area contributed by atoms with Gasteiger partial charge in [-0.1, -0.05) is 6.07 Å². The summed E-state index contributed by atoms with van der Waals surface area (Å²) in [5.74, 6) is 1.09. The molecule has 2 aromatic rings. The number of piperazine rings is 1. The van der Waals surface area contributed by atoms with Crippen LogP contribution in [0, 0.1) is 0 Å². The maximum absolute atomic E-state index is 4.56. The number of anilines is 1. The zero-order valence-electron chi connectivity index (χ0n) is 11.3. The van der Waals surface area contributed by atoms with E-state index in [2.05, 4.69) is 47.8 Å². The van der Waals surface area contributed by atoms with Gasteiger partial charge >= 0.3 is 0 Å². The molecule has 0 spiro atoms. The molecular weight excluding hydrogens is 316 g/mol. The topological polar surface area (TPSA) is 32.3 Å². The van der Waals surface area contributed by atoms with Crippen molar-refractivity contribution in [3.8, 4) is 0 Å². The van der Waals surface area contributed by atoms with Crippen LogP contribution in [0.2, 0.25) is 0 Å². The van der Waals surface area contributed by atoms with Gasteiger partial charge in [0.1, 0.15) is 12.1 Å². The molecule has 2 aliphatic rings. The van der Waals surface area contributed by atoms with Crippen LogP contribution < -0.4 is 4.90 Å². The third-order valence-corrected chi connectivity index (χ3v) is 5.12. The number of aromatic nitrogens is 2. The summed E-state index contributed by atoms with van der Waals surface area (Å²) < 4.78 is 1.04. The summed E-state index contributed by atoms with van der Waals surface area (Å²) in [6.07, 6.45) is 4.35. The number of halogens is 1. The Balaban J connectivity index is 1.73. The first kappa shape index (κ1) is 12.5. The second-order valence-corrected chi connectivity index (χ2v) is 6.47. The van der Waals surface area contributed by atoms with Crippen molar-refractivity contribution >= 4 is 32.7 Å². The van der Waals surface area contributed by atoms with Gasteiger partial charge in [-0.25, -0.2) is 9.97 Å². The van der Waals surface area contributed by atoms with Crippen LogP contribution in [0.1, 0.15) is 12.8 Å². The van der Waals surface area contributed by atoms with Crippen molar-refractivity contribution in [2.24, 2.45) is 0 Å². The third kappa shape index (κ3) is 2.00. The molecule has 2 saturated heterocycles. The molecule has 2 aliphatic heterocycles. The predicted molar refractivity (Wildman–Crippen MR) is 84.0 cm³/mol. The zero-order valence-corrected chi connectivity index (χ0v) is 12.9. The SMILES string of the molecule is Brc1cccc2c(N3CCN4CCCC4C3)ncnc12. The maximum Gasteiger partial charge on any atom is 0.140 e. The van der Waals surface area contributed by atoms with E-state index in [-0.39, 0.29) is 0 Å². The van der Waals surface area contributed by atoms with Crippen LogP contribution in [0.25, 0.3) is 10.9 Å². The molecule has 4 rings (SSSR count). The predicted octanol–water partition coefficient (Wildman–Crippen LogP) is 2.68. The Kier molecular flexibility index (Phi) is 3.11. The van der Waals surface area contributed by atoms with E-state index in [1.165, 1.54) is 19.4 Å². The lowest BCUT2D eigenvalue weighted by Crippen LogP contribution is -2.50. The van der Waals surface area contributed by atoms with Crippen LogP contribution in [0.15, 0.2) is 29.0 Å². The highest BCUT2D eigenvalue weighted by Gasteiger charge is 2.31. The molecule has 0 bridgehead atoms. The molecule has 0 aliphatic carbocycles. The molecule has 1 aromatic carbocycles. The summed E-state index contributed by atoms with van der Waals surface area (Å²) >= 11 is 3.58. The Morgan fingerprint density at radius 3 is 3.05 bits per heavy atom. The van der Waals surface area contributed by atoms with Gasteiger partial charge in [-0.15, -0.1) is 0 Å². The van der Waals surface area contributed by atoms with E-state index in [1.807, 2.05) is 6.07 Å². The first-order chi connectivity index (χ1) is 9.83. The van der Waals surface area contributed by atoms with E-state index in [0.29, 0.717) is 6.04 Å². The number of fused-ring (bicyclic) bond motifs is 2. The van der Waals surface area contributed by atoms with Crippen molar-refractivity contribution in [2.45, 2.75) is 18.9 Å². The standard InChI is InChI=1S/C15H17BrN4/c16-13-5-1-4-12-14(13)17-10-18-15(12)20-8-7-19-6-2-3-11(19)9-20/h1,4-5,10-11H,2-3,6-9H2. The fourth-order valence-corrected chi connectivity index (χ4v) is 3.94. The van der Waals surface area contributed by atoms with Gasteiger partial charge in [-0.05, 0) is 47.4 Å². The van der Waals surface area contributed by atoms with Crippen LogP contribution >= 0.6 is 15.9 Å². The number of rotatable bonds is 1. The van der Waals surface area contributed by atoms with E-state index in [9.17, 15) is 0 Å². The third-order valence-electron chi connectivity index (χ3n) is 4.48. The highest BCUT2D eigenvalue weighted by Crippen LogP contribution is 2.30. The molecule has 5 heteroatoms. The number of benzene rings is 1. The normalized spacial score (nSPS) is 23.2. The molecule has 1 unspecified atom stereocenters. The fourth-order valence-electron chi connectivity index (χ4n) is 3.47. The minimum absolute atomic E-state index is 0.709. The van der Waals surface area contributed by atoms with E-state index >= 15 is 0 Å². The van der Waals surface area contributed by atoms with Crippen LogP contribution in [0.4, 0.5) is 5.82 Å². The van der Waals surface area contributed by atoms with Crippen LogP contribution in [0.3, 0.4) is 0 Å². The van der Waals surface area contributed by atoms with Gasteiger partial charge in [0.05, 0.1) is 5.52 Å². The minimum Gasteiger partial charge on any atom is -0.353 e. The smallest absolute Gasteiger partial charge is 0.140 e. The van der Waals surface area contributed by atoms with E-state index in [0.717, 1.165) is 40.8 Å². The number of para-hydroxylation sites is 1. The second-order valence-electron chi connectivity index (χ2n) is 5.61. The molecule has 0 N–H and O–H groups in total. The van der Waals surface area contributed by atoms with Crippen LogP contribution in [-0.4, -0.2) is 47.1 Å². The van der Waals surface area contributed by atoms with Gasteiger partial charge in [0.2, 0.25) is 0 Å². The highest BCUT2D eigenvalue weighted by molar-refractivity contribution is 9.10. The Bertz CT molecular complexity index is 645. The van der Waals surface area contributed by atoms with Gasteiger partial charge in [0.25, 0.3) is 0 Å². The van der Waals surface area contributed by atoms with E-state index in [1.54, 1.807) is 6.33 Å². The monoisotopic (exact) mass is 332 g/mol. The van der Waals surface area contributed by atoms with Crippen molar-refractivity contribution in [3.05, 3.63) is 29.0 Å². The summed E-state index contributed by atoms with van der Waals surface area (Å²) in [6, 6.07) is 6.93. The van der Waals surface area contributed by atoms with Crippen LogP contribution in [-0.2, 0) is 0 Å². The average Bonchev–Trinajstić information content (AvgIpc) is 2.94. The van der Waals surface area contributed by atoms with Gasteiger partial charge < -0.3 is 4.90 Å². The molecule has 0 radical (unpaired) electrons. The lowest BCUT2D eigenvalue weighted by atomic mass is 10.1. The molecule has 1 aromatic heterocycles. The molecule has 104 valence electrons. The highest BCUT2D eigenvalue weighted by atomic mass is 79.9. The van der Waals surface area contributed by atoms with Gasteiger partial charge in [-0.3, -0.25) is 4.90 Å². The van der Waals surface area contributed by atoms with Crippen molar-refractivity contribution in [2.75, 3.05) is 31.1 Å². The fraction of sp³-hybridized carbons (Fsp3) is 0.467. The summed E-state index contributed by atoms with van der Waals surface area (Å²) in [5.41, 5.74) is 1.01. The van der Waals surface area contributed by atoms with E-state index < -0.39 is 0 Å². The first-order valence-corrected chi connectivity index (χ1v) is 8.00. The zero-order chi connectivity index (χ0) is 13.5. The van der Waals surface area contributed by atoms with Crippen molar-refractivity contribution in [1.29, 1.82) is 0 Å². The Hall–Kier alpha value is -1.20. The van der Waals surface area contributed by atoms with E-state index in [4.69, 9.17) is 0 Å². The quantitative estimate of drug-likeness (QED) is 0.803. The van der Waals surface area contributed by atoms with Gasteiger partial charge in [0.15, 0.2) is 0 Å². The molecule has 0 saturated carbocycles. The summed E-state index contributed by atoms with van der Waals surface area (Å²) in [5, 5.41) is 1.15. The lowest BCUT2D eigenvalue weighted by molar-refractivity contribution is 0.230. The second kappa shape index (κ2) is 4.97. The molecule has 0 amide bonds. The molecule has 20 heavy (non-hydrogen) atoms. The molecule has 3 heterocycles. The van der Waals surface area contributed by atoms with Crippen molar-refractivity contribution in [3.63, 3.8) is 0 Å². The van der Waals surface area contributed by atoms with Crippen LogP contribution in [0.5, 0.6) is 0 Å². The molecule has 1 atom stereocenters. The summed E-state index contributed by atoms with van der Waals surface area (Å²) in [6.45, 7) is 4.59. The minimum atomic E-state index is 0.709. The summed E-state index contributed by atoms with van der Waals surface area (Å²) in [7, 11) is 0.